The van der Waals surface area contributed by atoms with Gasteiger partial charge in [-0.25, -0.2) is 0 Å². The summed E-state index contributed by atoms with van der Waals surface area (Å²) in [4.78, 5) is 21.1. The van der Waals surface area contributed by atoms with E-state index in [1.807, 2.05) is 0 Å². The molecule has 0 bridgehead atoms. The summed E-state index contributed by atoms with van der Waals surface area (Å²) in [6.45, 7) is 3.17. The van der Waals surface area contributed by atoms with Crippen molar-refractivity contribution in [2.45, 2.75) is 20.3 Å². The molecule has 0 radical (unpaired) electrons. The number of Topliss-reactive ketones (excluding diaryl/α,β-unsaturated/α-hetero) is 1. The largest absolute Gasteiger partial charge is 0.461 e. The van der Waals surface area contributed by atoms with Crippen LogP contribution in [0.25, 0.3) is 0 Å². The number of ether oxygens (including phenoxy) is 1. The fourth-order valence-electron chi connectivity index (χ4n) is 0.520. The first kappa shape index (κ1) is 10.7. The lowest BCUT2D eigenvalue weighted by atomic mass is 10.3. The smallest absolute Gasteiger partial charge is 0.313 e. The third-order valence-electron chi connectivity index (χ3n) is 1.04. The summed E-state index contributed by atoms with van der Waals surface area (Å²) in [7, 11) is 0. The van der Waals surface area contributed by atoms with E-state index >= 15 is 0 Å². The van der Waals surface area contributed by atoms with E-state index in [9.17, 15) is 9.59 Å². The van der Waals surface area contributed by atoms with Crippen LogP contribution < -0.4 is 5.73 Å². The van der Waals surface area contributed by atoms with Crippen LogP contribution in [0.1, 0.15) is 20.3 Å². The molecule has 0 aromatic heterocycles. The molecule has 0 aromatic rings. The molecule has 0 heterocycles. The zero-order valence-corrected chi connectivity index (χ0v) is 7.29. The minimum absolute atomic E-state index is 0.133. The second-order valence-corrected chi connectivity index (χ2v) is 2.51. The first-order valence-corrected chi connectivity index (χ1v) is 3.59. The van der Waals surface area contributed by atoms with Gasteiger partial charge in [-0.05, 0) is 19.9 Å². The molecular weight excluding hydrogens is 158 g/mol. The predicted octanol–water partition coefficient (Wildman–Crippen LogP) is 0.371. The summed E-state index contributed by atoms with van der Waals surface area (Å²) < 4.78 is 4.65. The van der Waals surface area contributed by atoms with Crippen LogP contribution in [0.2, 0.25) is 0 Å². The average Bonchev–Trinajstić information content (AvgIpc) is 1.84. The Morgan fingerprint density at radius 2 is 2.00 bits per heavy atom. The lowest BCUT2D eigenvalue weighted by Gasteiger charge is -1.98. The van der Waals surface area contributed by atoms with E-state index in [2.05, 4.69) is 4.74 Å². The highest BCUT2D eigenvalue weighted by Crippen LogP contribution is 1.89. The summed E-state index contributed by atoms with van der Waals surface area (Å²) in [6.07, 6.45) is 1.40. The number of rotatable bonds is 4. The van der Waals surface area contributed by atoms with Gasteiger partial charge in [-0.1, -0.05) is 0 Å². The number of nitrogens with two attached hydrogens (primary N) is 1. The highest BCUT2D eigenvalue weighted by Gasteiger charge is 2.04. The molecule has 0 unspecified atom stereocenters. The van der Waals surface area contributed by atoms with Gasteiger partial charge in [0.1, 0.15) is 18.8 Å². The summed E-state index contributed by atoms with van der Waals surface area (Å²) in [5.74, 6) is -0.714. The van der Waals surface area contributed by atoms with Crippen molar-refractivity contribution in [2.24, 2.45) is 5.73 Å². The van der Waals surface area contributed by atoms with Crippen LogP contribution >= 0.6 is 0 Å². The fraction of sp³-hybridized carbons (Fsp3) is 0.500. The highest BCUT2D eigenvalue weighted by atomic mass is 16.5. The van der Waals surface area contributed by atoms with Crippen LogP contribution in [0.5, 0.6) is 0 Å². The number of carbonyl (C=O) groups is 2. The SMILES string of the molecule is CC(=O)CC(=O)OCC=C(C)N. The van der Waals surface area contributed by atoms with Gasteiger partial charge in [0.25, 0.3) is 0 Å². The van der Waals surface area contributed by atoms with Crippen LogP contribution in [0.15, 0.2) is 11.8 Å². The van der Waals surface area contributed by atoms with Gasteiger partial charge in [-0.3, -0.25) is 9.59 Å². The van der Waals surface area contributed by atoms with E-state index in [4.69, 9.17) is 5.73 Å². The van der Waals surface area contributed by atoms with E-state index in [0.717, 1.165) is 0 Å². The van der Waals surface area contributed by atoms with E-state index in [1.54, 1.807) is 13.0 Å². The Balaban J connectivity index is 3.58. The van der Waals surface area contributed by atoms with Gasteiger partial charge < -0.3 is 10.5 Å². The lowest BCUT2D eigenvalue weighted by Crippen LogP contribution is -2.09. The monoisotopic (exact) mass is 171 g/mol. The van der Waals surface area contributed by atoms with Crippen molar-refractivity contribution in [3.8, 4) is 0 Å². The summed E-state index contributed by atoms with van der Waals surface area (Å²) >= 11 is 0. The van der Waals surface area contributed by atoms with Crippen LogP contribution in [-0.2, 0) is 14.3 Å². The van der Waals surface area contributed by atoms with Gasteiger partial charge in [0.2, 0.25) is 0 Å². The maximum atomic E-state index is 10.7. The zero-order valence-electron chi connectivity index (χ0n) is 7.29. The lowest BCUT2D eigenvalue weighted by molar-refractivity contribution is -0.144. The topological polar surface area (TPSA) is 69.4 Å². The fourth-order valence-corrected chi connectivity index (χ4v) is 0.520. The van der Waals surface area contributed by atoms with E-state index in [0.29, 0.717) is 5.70 Å². The number of allylic oxidation sites excluding steroid dienone is 1. The summed E-state index contributed by atoms with van der Waals surface area (Å²) in [6, 6.07) is 0. The Labute approximate surface area is 71.4 Å². The van der Waals surface area contributed by atoms with Crippen LogP contribution in [-0.4, -0.2) is 18.4 Å². The summed E-state index contributed by atoms with van der Waals surface area (Å²) in [5, 5.41) is 0. The number of hydrogen-bond donors (Lipinski definition) is 1. The minimum Gasteiger partial charge on any atom is -0.461 e. The number of esters is 1. The molecule has 12 heavy (non-hydrogen) atoms. The van der Waals surface area contributed by atoms with Crippen molar-refractivity contribution in [3.63, 3.8) is 0 Å². The quantitative estimate of drug-likeness (QED) is 0.490. The molecule has 0 aliphatic carbocycles. The van der Waals surface area contributed by atoms with Gasteiger partial charge in [-0.15, -0.1) is 0 Å². The Kier molecular flexibility index (Phi) is 4.76. The van der Waals surface area contributed by atoms with Crippen molar-refractivity contribution in [2.75, 3.05) is 6.61 Å². The minimum atomic E-state index is -0.514. The van der Waals surface area contributed by atoms with E-state index < -0.39 is 5.97 Å². The first-order chi connectivity index (χ1) is 5.52. The van der Waals surface area contributed by atoms with Gasteiger partial charge in [0.05, 0.1) is 0 Å². The second kappa shape index (κ2) is 5.35. The molecule has 0 aliphatic rings. The third kappa shape index (κ3) is 6.80. The number of carbonyl (C=O) groups excluding carboxylic acids is 2. The molecule has 0 saturated carbocycles. The molecule has 2 N–H and O–H groups in total. The van der Waals surface area contributed by atoms with Gasteiger partial charge in [0.15, 0.2) is 0 Å². The van der Waals surface area contributed by atoms with Gasteiger partial charge >= 0.3 is 5.97 Å². The third-order valence-corrected chi connectivity index (χ3v) is 1.04. The summed E-state index contributed by atoms with van der Waals surface area (Å²) in [5.41, 5.74) is 5.87. The molecule has 0 saturated heterocycles. The molecule has 0 rings (SSSR count). The maximum Gasteiger partial charge on any atom is 0.313 e. The van der Waals surface area contributed by atoms with Crippen molar-refractivity contribution in [1.29, 1.82) is 0 Å². The molecule has 4 nitrogen and oxygen atoms in total. The van der Waals surface area contributed by atoms with E-state index in [1.165, 1.54) is 6.92 Å². The number of hydrogen-bond acceptors (Lipinski definition) is 4. The predicted molar refractivity (Wildman–Crippen MR) is 44.2 cm³/mol. The maximum absolute atomic E-state index is 10.7. The molecule has 4 heteroatoms. The first-order valence-electron chi connectivity index (χ1n) is 3.59. The molecule has 0 aromatic carbocycles. The number of ketones is 1. The normalized spacial score (nSPS) is 11.0. The van der Waals surface area contributed by atoms with Gasteiger partial charge in [-0.2, -0.15) is 0 Å². The molecule has 68 valence electrons. The Hall–Kier alpha value is -1.32. The molecule has 0 aliphatic heterocycles. The standard InChI is InChI=1S/C8H13NO3/c1-6(9)3-4-12-8(11)5-7(2)10/h3H,4-5,9H2,1-2H3. The second-order valence-electron chi connectivity index (χ2n) is 2.51. The molecule has 0 amide bonds. The van der Waals surface area contributed by atoms with Gasteiger partial charge in [0, 0.05) is 5.70 Å². The Bertz CT molecular complexity index is 204. The van der Waals surface area contributed by atoms with Crippen LogP contribution in [0.3, 0.4) is 0 Å². The zero-order chi connectivity index (χ0) is 9.56. The van der Waals surface area contributed by atoms with Crippen molar-refractivity contribution in [3.05, 3.63) is 11.8 Å². The van der Waals surface area contributed by atoms with Crippen molar-refractivity contribution >= 4 is 11.8 Å². The van der Waals surface area contributed by atoms with Crippen molar-refractivity contribution < 1.29 is 14.3 Å². The molecular formula is C8H13NO3. The van der Waals surface area contributed by atoms with E-state index in [-0.39, 0.29) is 18.8 Å². The average molecular weight is 171 g/mol. The Morgan fingerprint density at radius 3 is 2.42 bits per heavy atom. The van der Waals surface area contributed by atoms with Crippen LogP contribution in [0, 0.1) is 0 Å². The molecule has 0 fully saturated rings. The Morgan fingerprint density at radius 1 is 1.42 bits per heavy atom. The highest BCUT2D eigenvalue weighted by molar-refractivity contribution is 5.94. The molecule has 0 spiro atoms. The van der Waals surface area contributed by atoms with Crippen molar-refractivity contribution in [1.82, 2.24) is 0 Å². The molecule has 0 atom stereocenters. The van der Waals surface area contributed by atoms with Crippen LogP contribution in [0.4, 0.5) is 0 Å².